The molecule has 0 spiro atoms. The number of anilines is 2. The molecule has 2 heterocycles. The number of carbonyl (C=O) groups is 5. The first kappa shape index (κ1) is 39.0. The average Bonchev–Trinajstić information content (AvgIpc) is 4.08. The van der Waals surface area contributed by atoms with Crippen molar-refractivity contribution < 1.29 is 37.1 Å². The van der Waals surface area contributed by atoms with Gasteiger partial charge in [-0.3, -0.25) is 23.9 Å². The number of nitrogens with zero attached hydrogens (tertiary/aromatic N) is 3. The summed E-state index contributed by atoms with van der Waals surface area (Å²) in [4.78, 5) is 74.7. The summed E-state index contributed by atoms with van der Waals surface area (Å²) < 4.78 is 33.7. The Balaban J connectivity index is 1.28. The number of carbonyl (C=O) groups excluding carboxylic acids is 5. The van der Waals surface area contributed by atoms with Gasteiger partial charge in [0.25, 0.3) is 5.91 Å². The number of nitrogens with one attached hydrogen (secondary N) is 2. The minimum absolute atomic E-state index is 0.0582. The van der Waals surface area contributed by atoms with E-state index in [1.165, 1.54) is 15.9 Å². The summed E-state index contributed by atoms with van der Waals surface area (Å²) >= 11 is 0. The van der Waals surface area contributed by atoms with E-state index in [4.69, 9.17) is 4.74 Å². The van der Waals surface area contributed by atoms with Gasteiger partial charge in [-0.05, 0) is 68.2 Å². The van der Waals surface area contributed by atoms with Crippen LogP contribution in [0.2, 0.25) is 0 Å². The minimum atomic E-state index is -3.91. The molecule has 5 amide bonds. The van der Waals surface area contributed by atoms with E-state index in [-0.39, 0.29) is 31.7 Å². The fourth-order valence-corrected chi connectivity index (χ4v) is 8.88. The molecule has 4 fully saturated rings. The van der Waals surface area contributed by atoms with Gasteiger partial charge in [0.15, 0.2) is 0 Å². The van der Waals surface area contributed by atoms with E-state index in [2.05, 4.69) is 16.6 Å². The summed E-state index contributed by atoms with van der Waals surface area (Å²) in [6.45, 7) is 10.5. The molecule has 0 aromatic heterocycles. The summed E-state index contributed by atoms with van der Waals surface area (Å²) in [7, 11) is -3.91. The average molecular weight is 762 g/mol. The van der Waals surface area contributed by atoms with Crippen molar-refractivity contribution in [2.45, 2.75) is 95.1 Å². The van der Waals surface area contributed by atoms with Gasteiger partial charge in [-0.1, -0.05) is 63.2 Å². The molecule has 2 aromatic carbocycles. The van der Waals surface area contributed by atoms with Crippen LogP contribution in [0.3, 0.4) is 0 Å². The summed E-state index contributed by atoms with van der Waals surface area (Å²) in [5.41, 5.74) is -1.15. The molecular weight excluding hydrogens is 711 g/mol. The predicted octanol–water partition coefficient (Wildman–Crippen LogP) is 4.67. The second-order valence-electron chi connectivity index (χ2n) is 16.0. The van der Waals surface area contributed by atoms with Crippen molar-refractivity contribution >= 4 is 51.1 Å². The van der Waals surface area contributed by atoms with E-state index in [1.807, 2.05) is 32.9 Å². The zero-order valence-corrected chi connectivity index (χ0v) is 32.1. The molecule has 13 nitrogen and oxygen atoms in total. The molecule has 290 valence electrons. The van der Waals surface area contributed by atoms with Gasteiger partial charge in [0.1, 0.15) is 17.7 Å². The zero-order chi connectivity index (χ0) is 38.8. The van der Waals surface area contributed by atoms with Crippen molar-refractivity contribution in [3.05, 3.63) is 73.3 Å². The lowest BCUT2D eigenvalue weighted by Crippen LogP contribution is -2.57. The number of piperidine rings is 1. The Labute approximate surface area is 317 Å². The third kappa shape index (κ3) is 8.48. The highest BCUT2D eigenvalue weighted by Crippen LogP contribution is 2.46. The lowest BCUT2D eigenvalue weighted by Gasteiger charge is -2.36. The Morgan fingerprint density at radius 1 is 0.963 bits per heavy atom. The maximum absolute atomic E-state index is 14.7. The molecule has 54 heavy (non-hydrogen) atoms. The highest BCUT2D eigenvalue weighted by molar-refractivity contribution is 7.91. The smallest absolute Gasteiger partial charge is 0.419 e. The quantitative estimate of drug-likeness (QED) is 0.295. The number of rotatable bonds is 12. The first-order valence-corrected chi connectivity index (χ1v) is 20.4. The standard InChI is InChI=1S/C40H51N5O8S/c1-5-27-25-40(27,37(49)42-54(51,52)31-19-20-31)41-35(47)33-23-30(53-38(50)45(28-15-9-6-10-16-28)29-17-11-7-12-18-29)26-44(33)36(48)32(39(2,3)4)24-34(46)43-21-13-8-14-22-43/h5-7,9-12,15-18,27,30-33H,1,8,13-14,19-26H2,2-4H3,(H,41,47)(H,42,49)/t27?,30-,32-,33+,40?/m1/s1. The summed E-state index contributed by atoms with van der Waals surface area (Å²) in [5, 5.41) is 2.14. The number of ether oxygens (including phenoxy) is 1. The number of hydrogen-bond acceptors (Lipinski definition) is 8. The first-order chi connectivity index (χ1) is 25.6. The Bertz CT molecular complexity index is 1820. The monoisotopic (exact) mass is 761 g/mol. The molecular formula is C40H51N5O8S. The lowest BCUT2D eigenvalue weighted by molar-refractivity contribution is -0.148. The van der Waals surface area contributed by atoms with E-state index >= 15 is 0 Å². The Morgan fingerprint density at radius 2 is 1.56 bits per heavy atom. The third-order valence-corrected chi connectivity index (χ3v) is 12.8. The van der Waals surface area contributed by atoms with Crippen LogP contribution >= 0.6 is 0 Å². The second kappa shape index (κ2) is 15.6. The maximum atomic E-state index is 14.7. The largest absolute Gasteiger partial charge is 0.444 e. The van der Waals surface area contributed by atoms with Crippen LogP contribution in [0, 0.1) is 17.3 Å². The van der Waals surface area contributed by atoms with Crippen molar-refractivity contribution in [3.63, 3.8) is 0 Å². The number of sulfonamides is 1. The number of likely N-dealkylation sites (tertiary alicyclic amines) is 2. The van der Waals surface area contributed by atoms with Crippen molar-refractivity contribution in [3.8, 4) is 0 Å². The third-order valence-electron chi connectivity index (χ3n) is 11.0. The molecule has 2 N–H and O–H groups in total. The molecule has 2 aromatic rings. The fourth-order valence-electron chi connectivity index (χ4n) is 7.51. The molecule has 14 heteroatoms. The number of hydrogen-bond donors (Lipinski definition) is 2. The Hall–Kier alpha value is -4.72. The van der Waals surface area contributed by atoms with Crippen LogP contribution in [0.5, 0.6) is 0 Å². The highest BCUT2D eigenvalue weighted by Gasteiger charge is 2.62. The van der Waals surface area contributed by atoms with Crippen LogP contribution in [0.1, 0.15) is 72.1 Å². The van der Waals surface area contributed by atoms with Gasteiger partial charge in [-0.25, -0.2) is 18.1 Å². The fraction of sp³-hybridized carbons (Fsp3) is 0.525. The van der Waals surface area contributed by atoms with Gasteiger partial charge in [0.05, 0.1) is 29.1 Å². The van der Waals surface area contributed by atoms with Gasteiger partial charge < -0.3 is 19.9 Å². The van der Waals surface area contributed by atoms with Gasteiger partial charge in [-0.2, -0.15) is 0 Å². The van der Waals surface area contributed by atoms with Crippen LogP contribution in [-0.4, -0.2) is 90.5 Å². The van der Waals surface area contributed by atoms with Crippen molar-refractivity contribution in [2.75, 3.05) is 24.5 Å². The van der Waals surface area contributed by atoms with E-state index in [0.29, 0.717) is 37.3 Å². The van der Waals surface area contributed by atoms with Gasteiger partial charge in [0, 0.05) is 31.8 Å². The zero-order valence-electron chi connectivity index (χ0n) is 31.2. The minimum Gasteiger partial charge on any atom is -0.444 e. The van der Waals surface area contributed by atoms with E-state index in [9.17, 15) is 32.4 Å². The van der Waals surface area contributed by atoms with E-state index < -0.39 is 74.0 Å². The maximum Gasteiger partial charge on any atom is 0.419 e. The molecule has 0 bridgehead atoms. The van der Waals surface area contributed by atoms with Crippen molar-refractivity contribution in [2.24, 2.45) is 17.3 Å². The SMILES string of the molecule is C=CC1CC1(NC(=O)[C@@H]1C[C@@H](OC(=O)N(c2ccccc2)c2ccccc2)CN1C(=O)[C@@H](CC(=O)N1CCCCC1)C(C)(C)C)C(=O)NS(=O)(=O)C1CC1. The van der Waals surface area contributed by atoms with Crippen LogP contribution in [-0.2, 0) is 33.9 Å². The van der Waals surface area contributed by atoms with E-state index in [1.54, 1.807) is 53.4 Å². The van der Waals surface area contributed by atoms with Crippen LogP contribution in [0.25, 0.3) is 0 Å². The molecule has 2 saturated carbocycles. The first-order valence-electron chi connectivity index (χ1n) is 18.8. The molecule has 2 aliphatic carbocycles. The van der Waals surface area contributed by atoms with Crippen LogP contribution < -0.4 is 14.9 Å². The van der Waals surface area contributed by atoms with Crippen molar-refractivity contribution in [1.82, 2.24) is 19.8 Å². The van der Waals surface area contributed by atoms with Crippen molar-refractivity contribution in [1.29, 1.82) is 0 Å². The number of amides is 5. The predicted molar refractivity (Wildman–Crippen MR) is 203 cm³/mol. The molecule has 6 rings (SSSR count). The molecule has 0 radical (unpaired) electrons. The normalized spacial score (nSPS) is 24.5. The molecule has 4 aliphatic rings. The van der Waals surface area contributed by atoms with Gasteiger partial charge >= 0.3 is 6.09 Å². The summed E-state index contributed by atoms with van der Waals surface area (Å²) in [6.07, 6.45) is 3.57. The Kier molecular flexibility index (Phi) is 11.2. The number of para-hydroxylation sites is 2. The number of benzene rings is 2. The van der Waals surface area contributed by atoms with Gasteiger partial charge in [0.2, 0.25) is 27.7 Å². The summed E-state index contributed by atoms with van der Waals surface area (Å²) in [5.74, 6) is -3.47. The van der Waals surface area contributed by atoms with E-state index in [0.717, 1.165) is 19.3 Å². The topological polar surface area (TPSA) is 162 Å². The molecule has 2 aliphatic heterocycles. The van der Waals surface area contributed by atoms with Crippen LogP contribution in [0.4, 0.5) is 16.2 Å². The van der Waals surface area contributed by atoms with Gasteiger partial charge in [-0.15, -0.1) is 6.58 Å². The highest BCUT2D eigenvalue weighted by atomic mass is 32.2. The van der Waals surface area contributed by atoms with Crippen LogP contribution in [0.15, 0.2) is 73.3 Å². The second-order valence-corrected chi connectivity index (χ2v) is 18.0. The summed E-state index contributed by atoms with van der Waals surface area (Å²) in [6, 6.07) is 16.7. The molecule has 5 atom stereocenters. The molecule has 2 saturated heterocycles. The molecule has 2 unspecified atom stereocenters. The lowest BCUT2D eigenvalue weighted by atomic mass is 9.77. The Morgan fingerprint density at radius 3 is 2.07 bits per heavy atom.